The van der Waals surface area contributed by atoms with E-state index in [1.165, 1.54) is 5.56 Å². The van der Waals surface area contributed by atoms with Crippen LogP contribution in [0.3, 0.4) is 0 Å². The summed E-state index contributed by atoms with van der Waals surface area (Å²) in [5.74, 6) is 1.96. The second kappa shape index (κ2) is 9.56. The summed E-state index contributed by atoms with van der Waals surface area (Å²) >= 11 is 0. The van der Waals surface area contributed by atoms with E-state index in [1.54, 1.807) is 0 Å². The number of nitrogens with zero attached hydrogens (tertiary/aromatic N) is 1. The summed E-state index contributed by atoms with van der Waals surface area (Å²) in [5, 5.41) is 14.2. The lowest BCUT2D eigenvalue weighted by atomic mass is 9.84. The summed E-state index contributed by atoms with van der Waals surface area (Å²) in [6.45, 7) is 12.1. The molecule has 3 atom stereocenters. The first kappa shape index (κ1) is 23.3. The van der Waals surface area contributed by atoms with Crippen molar-refractivity contribution >= 4 is 0 Å². The molecule has 0 bridgehead atoms. The summed E-state index contributed by atoms with van der Waals surface area (Å²) in [5.41, 5.74) is 6.21. The summed E-state index contributed by atoms with van der Waals surface area (Å²) in [4.78, 5) is 4.62. The van der Waals surface area contributed by atoms with Gasteiger partial charge in [-0.25, -0.2) is 0 Å². The second-order valence-electron chi connectivity index (χ2n) is 9.77. The van der Waals surface area contributed by atoms with Gasteiger partial charge in [0.05, 0.1) is 0 Å². The molecule has 1 aromatic heterocycles. The van der Waals surface area contributed by atoms with E-state index in [4.69, 9.17) is 4.74 Å². The Balaban J connectivity index is 1.50. The molecule has 4 nitrogen and oxygen atoms in total. The van der Waals surface area contributed by atoms with Gasteiger partial charge in [0.25, 0.3) is 0 Å². The van der Waals surface area contributed by atoms with Crippen LogP contribution in [0.5, 0.6) is 11.5 Å². The summed E-state index contributed by atoms with van der Waals surface area (Å²) < 4.78 is 6.61. The van der Waals surface area contributed by atoms with Gasteiger partial charge < -0.3 is 15.2 Å². The fraction of sp³-hybridized carbons (Fsp3) is 0.414. The van der Waals surface area contributed by atoms with Crippen LogP contribution < -0.4 is 10.1 Å². The number of fused-ring (bicyclic) bond motifs is 1. The summed E-state index contributed by atoms with van der Waals surface area (Å²) in [6.07, 6.45) is 3.71. The Labute approximate surface area is 198 Å². The van der Waals surface area contributed by atoms with Crippen molar-refractivity contribution in [3.05, 3.63) is 88.2 Å². The SMILES string of the molecule is Cc1c(C)c2c(c(C)c1O)CCC(C)(CNCC(c1ccccc1)C(C)c1ccccn1)O2. The molecule has 0 aliphatic carbocycles. The predicted molar refractivity (Wildman–Crippen MR) is 134 cm³/mol. The maximum atomic E-state index is 10.5. The van der Waals surface area contributed by atoms with Crippen LogP contribution >= 0.6 is 0 Å². The maximum Gasteiger partial charge on any atom is 0.127 e. The average molecular weight is 445 g/mol. The molecule has 2 aromatic carbocycles. The highest BCUT2D eigenvalue weighted by molar-refractivity contribution is 5.58. The molecule has 0 saturated carbocycles. The molecule has 2 N–H and O–H groups in total. The third kappa shape index (κ3) is 4.77. The van der Waals surface area contributed by atoms with Crippen molar-refractivity contribution in [2.24, 2.45) is 0 Å². The molecule has 0 radical (unpaired) electrons. The van der Waals surface area contributed by atoms with E-state index in [2.05, 4.69) is 66.6 Å². The average Bonchev–Trinajstić information content (AvgIpc) is 2.84. The third-order valence-corrected chi connectivity index (χ3v) is 7.44. The summed E-state index contributed by atoms with van der Waals surface area (Å²) in [6, 6.07) is 16.9. The smallest absolute Gasteiger partial charge is 0.127 e. The molecule has 0 amide bonds. The normalized spacial score (nSPS) is 19.4. The van der Waals surface area contributed by atoms with Gasteiger partial charge in [-0.3, -0.25) is 4.98 Å². The van der Waals surface area contributed by atoms with Crippen LogP contribution in [0.2, 0.25) is 0 Å². The Morgan fingerprint density at radius 2 is 1.76 bits per heavy atom. The Kier molecular flexibility index (Phi) is 6.76. The van der Waals surface area contributed by atoms with E-state index in [0.29, 0.717) is 11.7 Å². The van der Waals surface area contributed by atoms with Crippen molar-refractivity contribution in [2.45, 2.75) is 64.9 Å². The first-order valence-electron chi connectivity index (χ1n) is 12.0. The molecule has 4 rings (SSSR count). The lowest BCUT2D eigenvalue weighted by molar-refractivity contribution is 0.0629. The lowest BCUT2D eigenvalue weighted by Crippen LogP contribution is -2.47. The number of hydrogen-bond donors (Lipinski definition) is 2. The number of hydrogen-bond acceptors (Lipinski definition) is 4. The van der Waals surface area contributed by atoms with Crippen molar-refractivity contribution in [3.8, 4) is 11.5 Å². The zero-order valence-electron chi connectivity index (χ0n) is 20.5. The highest BCUT2D eigenvalue weighted by Gasteiger charge is 2.35. The van der Waals surface area contributed by atoms with Crippen LogP contribution in [0, 0.1) is 20.8 Å². The van der Waals surface area contributed by atoms with Gasteiger partial charge in [-0.1, -0.05) is 43.3 Å². The molecule has 4 heteroatoms. The van der Waals surface area contributed by atoms with Gasteiger partial charge in [-0.05, 0) is 74.9 Å². The summed E-state index contributed by atoms with van der Waals surface area (Å²) in [7, 11) is 0. The molecule has 0 spiro atoms. The van der Waals surface area contributed by atoms with E-state index in [0.717, 1.165) is 59.6 Å². The van der Waals surface area contributed by atoms with E-state index < -0.39 is 0 Å². The Morgan fingerprint density at radius 3 is 2.45 bits per heavy atom. The van der Waals surface area contributed by atoms with Gasteiger partial charge in [0.2, 0.25) is 0 Å². The number of pyridine rings is 1. The topological polar surface area (TPSA) is 54.4 Å². The minimum atomic E-state index is -0.289. The third-order valence-electron chi connectivity index (χ3n) is 7.44. The van der Waals surface area contributed by atoms with Crippen LogP contribution in [0.25, 0.3) is 0 Å². The van der Waals surface area contributed by atoms with E-state index in [9.17, 15) is 5.11 Å². The predicted octanol–water partition coefficient (Wildman–Crippen LogP) is 5.97. The number of ether oxygens (including phenoxy) is 1. The molecule has 3 aromatic rings. The number of benzene rings is 2. The number of aromatic hydroxyl groups is 1. The van der Waals surface area contributed by atoms with Gasteiger partial charge >= 0.3 is 0 Å². The Bertz CT molecular complexity index is 1100. The minimum absolute atomic E-state index is 0.289. The second-order valence-corrected chi connectivity index (χ2v) is 9.77. The van der Waals surface area contributed by atoms with Crippen molar-refractivity contribution in [3.63, 3.8) is 0 Å². The monoisotopic (exact) mass is 444 g/mol. The molecule has 0 fully saturated rings. The number of aromatic nitrogens is 1. The molecule has 0 saturated heterocycles. The Hall–Kier alpha value is -2.85. The fourth-order valence-electron chi connectivity index (χ4n) is 5.05. The number of rotatable bonds is 7. The minimum Gasteiger partial charge on any atom is -0.507 e. The van der Waals surface area contributed by atoms with Crippen molar-refractivity contribution in [1.29, 1.82) is 0 Å². The molecule has 174 valence electrons. The molecule has 1 aliphatic rings. The quantitative estimate of drug-likeness (QED) is 0.471. The number of phenolic OH excluding ortho intramolecular Hbond substituents is 1. The first-order chi connectivity index (χ1) is 15.8. The van der Waals surface area contributed by atoms with E-state index in [-0.39, 0.29) is 11.5 Å². The number of phenols is 1. The fourth-order valence-corrected chi connectivity index (χ4v) is 5.05. The van der Waals surface area contributed by atoms with Crippen molar-refractivity contribution in [1.82, 2.24) is 10.3 Å². The van der Waals surface area contributed by atoms with Gasteiger partial charge in [0, 0.05) is 42.4 Å². The van der Waals surface area contributed by atoms with Gasteiger partial charge in [0.1, 0.15) is 17.1 Å². The molecule has 3 unspecified atom stereocenters. The molecular weight excluding hydrogens is 408 g/mol. The first-order valence-corrected chi connectivity index (χ1v) is 12.0. The van der Waals surface area contributed by atoms with Crippen LogP contribution in [0.15, 0.2) is 54.7 Å². The van der Waals surface area contributed by atoms with Gasteiger partial charge in [-0.2, -0.15) is 0 Å². The molecule has 1 aliphatic heterocycles. The lowest BCUT2D eigenvalue weighted by Gasteiger charge is -2.38. The molecule has 2 heterocycles. The van der Waals surface area contributed by atoms with Crippen molar-refractivity contribution < 1.29 is 9.84 Å². The van der Waals surface area contributed by atoms with Crippen molar-refractivity contribution in [2.75, 3.05) is 13.1 Å². The standard InChI is InChI=1S/C29H36N2O2/c1-19-20(2)28-24(22(4)27(19)32)14-15-29(5,33-28)18-30-17-25(23-11-7-6-8-12-23)21(3)26-13-9-10-16-31-26/h6-13,16,21,25,30,32H,14-15,17-18H2,1-5H3. The zero-order chi connectivity index (χ0) is 23.6. The Morgan fingerprint density at radius 1 is 1.03 bits per heavy atom. The highest BCUT2D eigenvalue weighted by atomic mass is 16.5. The molecule has 33 heavy (non-hydrogen) atoms. The molecular formula is C29H36N2O2. The van der Waals surface area contributed by atoms with Gasteiger partial charge in [-0.15, -0.1) is 0 Å². The van der Waals surface area contributed by atoms with Crippen LogP contribution in [-0.4, -0.2) is 28.8 Å². The van der Waals surface area contributed by atoms with E-state index >= 15 is 0 Å². The van der Waals surface area contributed by atoms with Crippen LogP contribution in [0.4, 0.5) is 0 Å². The highest BCUT2D eigenvalue weighted by Crippen LogP contribution is 2.43. The largest absolute Gasteiger partial charge is 0.507 e. The zero-order valence-corrected chi connectivity index (χ0v) is 20.5. The number of nitrogens with one attached hydrogen (secondary N) is 1. The van der Waals surface area contributed by atoms with E-state index in [1.807, 2.05) is 33.0 Å². The van der Waals surface area contributed by atoms with Crippen LogP contribution in [-0.2, 0) is 6.42 Å². The van der Waals surface area contributed by atoms with Crippen LogP contribution in [0.1, 0.15) is 65.6 Å². The van der Waals surface area contributed by atoms with Gasteiger partial charge in [0.15, 0.2) is 0 Å². The maximum absolute atomic E-state index is 10.5.